The van der Waals surface area contributed by atoms with Gasteiger partial charge >= 0.3 is 0 Å². The number of amides is 1. The van der Waals surface area contributed by atoms with E-state index in [1.807, 2.05) is 25.1 Å². The number of aromatic nitrogens is 2. The zero-order valence-corrected chi connectivity index (χ0v) is 23.5. The molecule has 8 heteroatoms. The van der Waals surface area contributed by atoms with Crippen LogP contribution in [0.25, 0.3) is 11.0 Å². The number of nitrogens with one attached hydrogen (secondary N) is 1. The zero-order valence-electron chi connectivity index (χ0n) is 23.5. The first-order valence-corrected chi connectivity index (χ1v) is 13.1. The molecule has 39 heavy (non-hydrogen) atoms. The van der Waals surface area contributed by atoms with Crippen LogP contribution in [0.5, 0.6) is 23.0 Å². The van der Waals surface area contributed by atoms with Gasteiger partial charge in [0.2, 0.25) is 5.75 Å². The van der Waals surface area contributed by atoms with Crippen molar-refractivity contribution in [2.45, 2.75) is 46.2 Å². The number of hydrogen-bond donors (Lipinski definition) is 1. The number of imidazole rings is 1. The Balaban J connectivity index is 1.47. The number of nitrogens with zero attached hydrogens (tertiary/aromatic N) is 2. The molecular weight excluding hydrogens is 494 g/mol. The van der Waals surface area contributed by atoms with Gasteiger partial charge in [-0.15, -0.1) is 0 Å². The summed E-state index contributed by atoms with van der Waals surface area (Å²) in [5.41, 5.74) is 4.73. The first-order chi connectivity index (χ1) is 18.8. The van der Waals surface area contributed by atoms with Crippen molar-refractivity contribution in [2.75, 3.05) is 27.9 Å². The summed E-state index contributed by atoms with van der Waals surface area (Å²) in [5.74, 6) is 2.72. The molecule has 0 radical (unpaired) electrons. The van der Waals surface area contributed by atoms with Crippen molar-refractivity contribution in [3.05, 3.63) is 77.1 Å². The van der Waals surface area contributed by atoms with E-state index in [1.54, 1.807) is 12.1 Å². The van der Waals surface area contributed by atoms with Crippen LogP contribution in [0.3, 0.4) is 0 Å². The van der Waals surface area contributed by atoms with E-state index in [4.69, 9.17) is 23.9 Å². The van der Waals surface area contributed by atoms with Crippen molar-refractivity contribution < 1.29 is 23.7 Å². The third-order valence-electron chi connectivity index (χ3n) is 6.59. The molecule has 0 spiro atoms. The predicted octanol–water partition coefficient (Wildman–Crippen LogP) is 6.03. The van der Waals surface area contributed by atoms with Gasteiger partial charge in [0.25, 0.3) is 5.91 Å². The normalized spacial score (nSPS) is 11.7. The summed E-state index contributed by atoms with van der Waals surface area (Å²) in [7, 11) is 4.58. The largest absolute Gasteiger partial charge is 0.494 e. The number of benzene rings is 3. The summed E-state index contributed by atoms with van der Waals surface area (Å²) in [4.78, 5) is 18.1. The maximum absolute atomic E-state index is 13.3. The molecular formula is C31H37N3O5. The van der Waals surface area contributed by atoms with E-state index in [1.165, 1.54) is 32.5 Å². The van der Waals surface area contributed by atoms with Crippen LogP contribution in [0.2, 0.25) is 0 Å². The molecule has 0 saturated carbocycles. The topological polar surface area (TPSA) is 83.8 Å². The first kappa shape index (κ1) is 27.8. The van der Waals surface area contributed by atoms with Crippen molar-refractivity contribution in [3.63, 3.8) is 0 Å². The smallest absolute Gasteiger partial charge is 0.252 e. The number of methoxy groups -OCH3 is 3. The summed E-state index contributed by atoms with van der Waals surface area (Å²) in [6.45, 7) is 7.49. The van der Waals surface area contributed by atoms with Gasteiger partial charge < -0.3 is 28.8 Å². The molecule has 8 nitrogen and oxygen atoms in total. The van der Waals surface area contributed by atoms with Crippen molar-refractivity contribution in [1.29, 1.82) is 0 Å². The minimum absolute atomic E-state index is 0.262. The molecule has 1 amide bonds. The van der Waals surface area contributed by atoms with Crippen LogP contribution in [-0.4, -0.2) is 43.4 Å². The molecule has 0 aliphatic heterocycles. The molecule has 4 rings (SSSR count). The second-order valence-corrected chi connectivity index (χ2v) is 9.60. The summed E-state index contributed by atoms with van der Waals surface area (Å²) in [6.07, 6.45) is 1.80. The highest BCUT2D eigenvalue weighted by Crippen LogP contribution is 2.38. The molecule has 4 aromatic rings. The van der Waals surface area contributed by atoms with E-state index in [0.29, 0.717) is 29.4 Å². The summed E-state index contributed by atoms with van der Waals surface area (Å²) < 4.78 is 24.4. The van der Waals surface area contributed by atoms with E-state index in [2.05, 4.69) is 48.0 Å². The maximum atomic E-state index is 13.3. The SMILES string of the molecule is COc1cc(C(=O)NC(C)c2nc3ccccc3n2CCCCOc2cc(C)cc(C)c2)cc(OC)c1OC. The Hall–Kier alpha value is -4.20. The fourth-order valence-corrected chi connectivity index (χ4v) is 4.79. The summed E-state index contributed by atoms with van der Waals surface area (Å²) >= 11 is 0. The van der Waals surface area contributed by atoms with Gasteiger partial charge in [-0.2, -0.15) is 0 Å². The second kappa shape index (κ2) is 12.6. The van der Waals surface area contributed by atoms with Crippen LogP contribution >= 0.6 is 0 Å². The standard InChI is InChI=1S/C31H37N3O5/c1-20-15-21(2)17-24(16-20)39-14-10-9-13-34-26-12-8-7-11-25(26)33-30(34)22(3)32-31(35)23-18-27(36-4)29(38-6)28(19-23)37-5/h7-8,11-12,15-19,22H,9-10,13-14H2,1-6H3,(H,32,35). The fraction of sp³-hybridized carbons (Fsp3) is 0.355. The van der Waals surface area contributed by atoms with Gasteiger partial charge in [-0.3, -0.25) is 4.79 Å². The van der Waals surface area contributed by atoms with Crippen LogP contribution in [0.1, 0.15) is 53.1 Å². The molecule has 1 atom stereocenters. The minimum atomic E-state index is -0.337. The van der Waals surface area contributed by atoms with Crippen LogP contribution in [0.4, 0.5) is 0 Å². The zero-order chi connectivity index (χ0) is 27.9. The van der Waals surface area contributed by atoms with E-state index < -0.39 is 0 Å². The number of carbonyl (C=O) groups is 1. The Morgan fingerprint density at radius 3 is 2.23 bits per heavy atom. The van der Waals surface area contributed by atoms with Gasteiger partial charge in [-0.1, -0.05) is 18.2 Å². The molecule has 1 N–H and O–H groups in total. The number of unbranched alkanes of at least 4 members (excludes halogenated alkanes) is 1. The van der Waals surface area contributed by atoms with Gasteiger partial charge in [0.15, 0.2) is 11.5 Å². The average Bonchev–Trinajstić information content (AvgIpc) is 3.30. The number of aryl methyl sites for hydroxylation is 3. The number of carbonyl (C=O) groups excluding carboxylic acids is 1. The highest BCUT2D eigenvalue weighted by Gasteiger charge is 2.22. The highest BCUT2D eigenvalue weighted by atomic mass is 16.5. The lowest BCUT2D eigenvalue weighted by atomic mass is 10.1. The van der Waals surface area contributed by atoms with Gasteiger partial charge in [0, 0.05) is 12.1 Å². The van der Waals surface area contributed by atoms with Crippen LogP contribution < -0.4 is 24.3 Å². The number of ether oxygens (including phenoxy) is 4. The lowest BCUT2D eigenvalue weighted by Crippen LogP contribution is -2.29. The van der Waals surface area contributed by atoms with Crippen LogP contribution in [0.15, 0.2) is 54.6 Å². The maximum Gasteiger partial charge on any atom is 0.252 e. The number of hydrogen-bond acceptors (Lipinski definition) is 6. The van der Waals surface area contributed by atoms with Gasteiger partial charge in [-0.25, -0.2) is 4.98 Å². The third kappa shape index (κ3) is 6.45. The minimum Gasteiger partial charge on any atom is -0.494 e. The molecule has 1 heterocycles. The van der Waals surface area contributed by atoms with E-state index in [0.717, 1.165) is 42.0 Å². The van der Waals surface area contributed by atoms with E-state index in [-0.39, 0.29) is 11.9 Å². The molecule has 1 unspecified atom stereocenters. The Morgan fingerprint density at radius 2 is 1.59 bits per heavy atom. The van der Waals surface area contributed by atoms with Gasteiger partial charge in [-0.05, 0) is 81.1 Å². The lowest BCUT2D eigenvalue weighted by Gasteiger charge is -2.18. The molecule has 206 valence electrons. The molecule has 0 bridgehead atoms. The quantitative estimate of drug-likeness (QED) is 0.225. The van der Waals surface area contributed by atoms with Crippen molar-refractivity contribution in [3.8, 4) is 23.0 Å². The summed E-state index contributed by atoms with van der Waals surface area (Å²) in [6, 6.07) is 17.2. The molecule has 1 aromatic heterocycles. The fourth-order valence-electron chi connectivity index (χ4n) is 4.79. The van der Waals surface area contributed by atoms with Gasteiger partial charge in [0.1, 0.15) is 11.6 Å². The first-order valence-electron chi connectivity index (χ1n) is 13.1. The third-order valence-corrected chi connectivity index (χ3v) is 6.59. The Labute approximate surface area is 229 Å². The van der Waals surface area contributed by atoms with Gasteiger partial charge in [0.05, 0.1) is 45.0 Å². The lowest BCUT2D eigenvalue weighted by molar-refractivity contribution is 0.0936. The molecule has 0 aliphatic carbocycles. The van der Waals surface area contributed by atoms with E-state index >= 15 is 0 Å². The van der Waals surface area contributed by atoms with Crippen molar-refractivity contribution >= 4 is 16.9 Å². The number of para-hydroxylation sites is 2. The second-order valence-electron chi connectivity index (χ2n) is 9.60. The van der Waals surface area contributed by atoms with Crippen molar-refractivity contribution in [1.82, 2.24) is 14.9 Å². The van der Waals surface area contributed by atoms with E-state index in [9.17, 15) is 4.79 Å². The average molecular weight is 532 g/mol. The monoisotopic (exact) mass is 531 g/mol. The molecule has 0 saturated heterocycles. The van der Waals surface area contributed by atoms with Crippen molar-refractivity contribution in [2.24, 2.45) is 0 Å². The summed E-state index contributed by atoms with van der Waals surface area (Å²) in [5, 5.41) is 3.09. The number of rotatable bonds is 12. The predicted molar refractivity (Wildman–Crippen MR) is 152 cm³/mol. The number of fused-ring (bicyclic) bond motifs is 1. The van der Waals surface area contributed by atoms with Crippen LogP contribution in [0, 0.1) is 13.8 Å². The Morgan fingerprint density at radius 1 is 0.923 bits per heavy atom. The molecule has 0 aliphatic rings. The molecule has 0 fully saturated rings. The molecule has 3 aromatic carbocycles. The Kier molecular flexibility index (Phi) is 8.96. The highest BCUT2D eigenvalue weighted by molar-refractivity contribution is 5.96. The van der Waals surface area contributed by atoms with Crippen LogP contribution in [-0.2, 0) is 6.54 Å². The Bertz CT molecular complexity index is 1400.